The topological polar surface area (TPSA) is 39.1 Å². The molecule has 0 fully saturated rings. The summed E-state index contributed by atoms with van der Waals surface area (Å²) in [5.74, 6) is 0.0598. The smallest absolute Gasteiger partial charge is 0.262 e. The van der Waals surface area contributed by atoms with Crippen molar-refractivity contribution in [1.29, 1.82) is 0 Å². The average Bonchev–Trinajstić information content (AvgIpc) is 3.07. The summed E-state index contributed by atoms with van der Waals surface area (Å²) in [6, 6.07) is 19.4. The molecular weight excluding hydrogens is 298 g/mol. The van der Waals surface area contributed by atoms with E-state index >= 15 is 0 Å². The van der Waals surface area contributed by atoms with Gasteiger partial charge in [-0.1, -0.05) is 42.5 Å². The van der Waals surface area contributed by atoms with Crippen LogP contribution < -0.4 is 0 Å². The Kier molecular flexibility index (Phi) is 3.62. The molecule has 1 aromatic heterocycles. The number of nitrogens with zero attached hydrogens (tertiary/aromatic N) is 1. The third-order valence-electron chi connectivity index (χ3n) is 4.55. The van der Waals surface area contributed by atoms with Crippen LogP contribution in [0.1, 0.15) is 39.3 Å². The summed E-state index contributed by atoms with van der Waals surface area (Å²) in [5, 5.41) is 0. The van der Waals surface area contributed by atoms with E-state index in [1.165, 1.54) is 0 Å². The molecule has 0 bridgehead atoms. The molecule has 3 heteroatoms. The molecule has 0 aliphatic heterocycles. The normalized spacial score (nSPS) is 13.6. The molecule has 1 aliphatic carbocycles. The lowest BCUT2D eigenvalue weighted by atomic mass is 9.96. The van der Waals surface area contributed by atoms with Gasteiger partial charge in [0.25, 0.3) is 5.91 Å². The molecule has 0 atom stereocenters. The van der Waals surface area contributed by atoms with E-state index in [1.54, 1.807) is 16.8 Å². The Hall–Kier alpha value is -2.94. The minimum atomic E-state index is -0.0799. The van der Waals surface area contributed by atoms with Gasteiger partial charge in [0.2, 0.25) is 0 Å². The number of hydrogen-bond acceptors (Lipinski definition) is 2. The molecule has 0 amide bonds. The van der Waals surface area contributed by atoms with Crippen LogP contribution in [-0.4, -0.2) is 16.3 Å². The number of benzene rings is 2. The average molecular weight is 315 g/mol. The van der Waals surface area contributed by atoms with E-state index in [1.807, 2.05) is 54.6 Å². The van der Waals surface area contributed by atoms with E-state index in [0.717, 1.165) is 29.7 Å². The van der Waals surface area contributed by atoms with Gasteiger partial charge in [-0.05, 0) is 42.2 Å². The van der Waals surface area contributed by atoms with Crippen molar-refractivity contribution in [3.05, 3.63) is 83.7 Å². The number of ketones is 1. The zero-order valence-corrected chi connectivity index (χ0v) is 13.2. The number of carbonyl (C=O) groups is 2. The molecule has 3 aromatic rings. The van der Waals surface area contributed by atoms with Crippen molar-refractivity contribution in [1.82, 2.24) is 4.57 Å². The van der Waals surface area contributed by atoms with Crippen LogP contribution in [-0.2, 0) is 6.42 Å². The molecule has 3 nitrogen and oxygen atoms in total. The second-order valence-corrected chi connectivity index (χ2v) is 6.07. The van der Waals surface area contributed by atoms with Gasteiger partial charge in [-0.3, -0.25) is 14.2 Å². The van der Waals surface area contributed by atoms with Crippen LogP contribution in [0.25, 0.3) is 11.1 Å². The Labute approximate surface area is 140 Å². The largest absolute Gasteiger partial charge is 0.294 e. The first-order valence-corrected chi connectivity index (χ1v) is 8.17. The van der Waals surface area contributed by atoms with E-state index in [4.69, 9.17) is 0 Å². The molecule has 118 valence electrons. The summed E-state index contributed by atoms with van der Waals surface area (Å²) >= 11 is 0. The lowest BCUT2D eigenvalue weighted by Gasteiger charge is -2.14. The minimum absolute atomic E-state index is 0.0799. The number of aromatic nitrogens is 1. The van der Waals surface area contributed by atoms with Gasteiger partial charge in [0.15, 0.2) is 5.78 Å². The Morgan fingerprint density at radius 1 is 0.875 bits per heavy atom. The van der Waals surface area contributed by atoms with Crippen molar-refractivity contribution in [2.45, 2.75) is 19.3 Å². The van der Waals surface area contributed by atoms with Crippen LogP contribution in [0.3, 0.4) is 0 Å². The number of Topliss-reactive ketones (excluding diaryl/α,β-unsaturated/α-hetero) is 1. The van der Waals surface area contributed by atoms with Gasteiger partial charge >= 0.3 is 0 Å². The first-order valence-electron chi connectivity index (χ1n) is 8.17. The van der Waals surface area contributed by atoms with Crippen LogP contribution in [0, 0.1) is 0 Å². The number of rotatable bonds is 2. The van der Waals surface area contributed by atoms with Crippen LogP contribution in [0.4, 0.5) is 0 Å². The highest BCUT2D eigenvalue weighted by Gasteiger charge is 2.23. The lowest BCUT2D eigenvalue weighted by molar-refractivity contribution is 0.0953. The summed E-state index contributed by atoms with van der Waals surface area (Å²) in [4.78, 5) is 24.9. The van der Waals surface area contributed by atoms with Crippen molar-refractivity contribution in [2.24, 2.45) is 0 Å². The highest BCUT2D eigenvalue weighted by molar-refractivity contribution is 6.02. The predicted octanol–water partition coefficient (Wildman–Crippen LogP) is 4.36. The van der Waals surface area contributed by atoms with Crippen LogP contribution in [0.5, 0.6) is 0 Å². The Bertz CT molecular complexity index is 922. The van der Waals surface area contributed by atoms with Crippen molar-refractivity contribution < 1.29 is 9.59 Å². The summed E-state index contributed by atoms with van der Waals surface area (Å²) in [5.41, 5.74) is 4.28. The summed E-state index contributed by atoms with van der Waals surface area (Å²) < 4.78 is 1.64. The maximum Gasteiger partial charge on any atom is 0.262 e. The molecule has 2 aromatic carbocycles. The monoisotopic (exact) mass is 315 g/mol. The quantitative estimate of drug-likeness (QED) is 0.704. The summed E-state index contributed by atoms with van der Waals surface area (Å²) in [7, 11) is 0. The minimum Gasteiger partial charge on any atom is -0.294 e. The van der Waals surface area contributed by atoms with Gasteiger partial charge < -0.3 is 0 Å². The molecule has 0 saturated heterocycles. The highest BCUT2D eigenvalue weighted by atomic mass is 16.2. The Balaban J connectivity index is 1.72. The summed E-state index contributed by atoms with van der Waals surface area (Å²) in [6.07, 6.45) is 3.89. The fraction of sp³-hybridized carbons (Fsp3) is 0.143. The van der Waals surface area contributed by atoms with Gasteiger partial charge in [-0.15, -0.1) is 0 Å². The van der Waals surface area contributed by atoms with Crippen molar-refractivity contribution in [2.75, 3.05) is 0 Å². The number of hydrogen-bond donors (Lipinski definition) is 0. The molecular formula is C21H17NO2. The first-order chi connectivity index (χ1) is 11.7. The highest BCUT2D eigenvalue weighted by Crippen LogP contribution is 2.25. The molecule has 0 saturated carbocycles. The van der Waals surface area contributed by atoms with Crippen LogP contribution in [0.15, 0.2) is 66.9 Å². The van der Waals surface area contributed by atoms with Gasteiger partial charge in [0, 0.05) is 29.4 Å². The van der Waals surface area contributed by atoms with Gasteiger partial charge in [-0.25, -0.2) is 0 Å². The zero-order chi connectivity index (χ0) is 16.5. The van der Waals surface area contributed by atoms with Crippen LogP contribution in [0.2, 0.25) is 0 Å². The van der Waals surface area contributed by atoms with Crippen molar-refractivity contribution >= 4 is 11.7 Å². The molecule has 0 radical (unpaired) electrons. The molecule has 1 aliphatic rings. The van der Waals surface area contributed by atoms with E-state index in [2.05, 4.69) is 0 Å². The van der Waals surface area contributed by atoms with E-state index in [-0.39, 0.29) is 11.7 Å². The lowest BCUT2D eigenvalue weighted by Crippen LogP contribution is -2.18. The zero-order valence-electron chi connectivity index (χ0n) is 13.2. The third-order valence-corrected chi connectivity index (χ3v) is 4.55. The summed E-state index contributed by atoms with van der Waals surface area (Å²) in [6.45, 7) is 0. The Morgan fingerprint density at radius 2 is 1.67 bits per heavy atom. The van der Waals surface area contributed by atoms with E-state index in [9.17, 15) is 9.59 Å². The fourth-order valence-corrected chi connectivity index (χ4v) is 3.32. The first kappa shape index (κ1) is 14.6. The number of carbonyl (C=O) groups excluding carboxylic acids is 2. The van der Waals surface area contributed by atoms with E-state index in [0.29, 0.717) is 17.5 Å². The van der Waals surface area contributed by atoms with E-state index < -0.39 is 0 Å². The molecule has 0 spiro atoms. The SMILES string of the molecule is O=C1CCCc2c1ccn2C(=O)c1cccc(-c2ccccc2)c1. The van der Waals surface area contributed by atoms with Crippen molar-refractivity contribution in [3.8, 4) is 11.1 Å². The van der Waals surface area contributed by atoms with Gasteiger partial charge in [-0.2, -0.15) is 0 Å². The van der Waals surface area contributed by atoms with Crippen molar-refractivity contribution in [3.63, 3.8) is 0 Å². The maximum absolute atomic E-state index is 12.9. The second kappa shape index (κ2) is 5.93. The van der Waals surface area contributed by atoms with Crippen LogP contribution >= 0.6 is 0 Å². The fourth-order valence-electron chi connectivity index (χ4n) is 3.32. The Morgan fingerprint density at radius 3 is 2.50 bits per heavy atom. The molecule has 0 N–H and O–H groups in total. The molecule has 0 unspecified atom stereocenters. The van der Waals surface area contributed by atoms with Gasteiger partial charge in [0.1, 0.15) is 0 Å². The second-order valence-electron chi connectivity index (χ2n) is 6.07. The van der Waals surface area contributed by atoms with Gasteiger partial charge in [0.05, 0.1) is 0 Å². The molecule has 1 heterocycles. The number of fused-ring (bicyclic) bond motifs is 1. The maximum atomic E-state index is 12.9. The third kappa shape index (κ3) is 2.48. The standard InChI is InChI=1S/C21H17NO2/c23-20-11-5-10-19-18(20)12-13-22(19)21(24)17-9-4-8-16(14-17)15-6-2-1-3-7-15/h1-4,6-9,12-14H,5,10-11H2. The molecule has 24 heavy (non-hydrogen) atoms. The predicted molar refractivity (Wildman–Crippen MR) is 93.3 cm³/mol. The molecule has 4 rings (SSSR count).